The fourth-order valence-corrected chi connectivity index (χ4v) is 2.61. The van der Waals surface area contributed by atoms with Gasteiger partial charge in [-0.15, -0.1) is 0 Å². The van der Waals surface area contributed by atoms with Crippen LogP contribution in [-0.2, 0) is 4.79 Å². The number of hydrogen-bond acceptors (Lipinski definition) is 3. The van der Waals surface area contributed by atoms with Crippen LogP contribution in [0.4, 0.5) is 5.69 Å². The van der Waals surface area contributed by atoms with Crippen LogP contribution in [0.5, 0.6) is 0 Å². The van der Waals surface area contributed by atoms with Crippen molar-refractivity contribution in [3.05, 3.63) is 29.3 Å². The molecule has 1 heterocycles. The van der Waals surface area contributed by atoms with Gasteiger partial charge in [0, 0.05) is 24.8 Å². The molecule has 1 saturated heterocycles. The van der Waals surface area contributed by atoms with Crippen LogP contribution in [0.1, 0.15) is 24.5 Å². The first-order chi connectivity index (χ1) is 9.04. The number of carbonyl (C=O) groups excluding carboxylic acids is 1. The highest BCUT2D eigenvalue weighted by atomic mass is 16.2. The van der Waals surface area contributed by atoms with Gasteiger partial charge in [0.05, 0.1) is 0 Å². The SMILES string of the molecule is Cc1cccc(N2CCC(C)NC(=O)C2CN)c1C. The smallest absolute Gasteiger partial charge is 0.244 e. The molecule has 104 valence electrons. The summed E-state index contributed by atoms with van der Waals surface area (Å²) in [5, 5.41) is 3.02. The van der Waals surface area contributed by atoms with E-state index in [1.165, 1.54) is 11.1 Å². The fraction of sp³-hybridized carbons (Fsp3) is 0.533. The standard InChI is InChI=1S/C15H23N3O/c1-10-5-4-6-13(12(10)3)18-8-7-11(2)17-15(19)14(18)9-16/h4-6,11,14H,7-9,16H2,1-3H3,(H,17,19). The second-order valence-electron chi connectivity index (χ2n) is 5.36. The second kappa shape index (κ2) is 5.61. The highest BCUT2D eigenvalue weighted by Crippen LogP contribution is 2.26. The summed E-state index contributed by atoms with van der Waals surface area (Å²) in [6.07, 6.45) is 0.940. The minimum absolute atomic E-state index is 0.0356. The van der Waals surface area contributed by atoms with E-state index >= 15 is 0 Å². The predicted octanol–water partition coefficient (Wildman–Crippen LogP) is 1.35. The Hall–Kier alpha value is -1.55. The Bertz CT molecular complexity index is 472. The molecule has 1 amide bonds. The molecule has 2 unspecified atom stereocenters. The van der Waals surface area contributed by atoms with Gasteiger partial charge in [-0.2, -0.15) is 0 Å². The lowest BCUT2D eigenvalue weighted by Gasteiger charge is -2.31. The highest BCUT2D eigenvalue weighted by molar-refractivity contribution is 5.86. The van der Waals surface area contributed by atoms with Gasteiger partial charge in [-0.3, -0.25) is 4.79 Å². The van der Waals surface area contributed by atoms with E-state index in [-0.39, 0.29) is 18.0 Å². The third kappa shape index (κ3) is 2.73. The predicted molar refractivity (Wildman–Crippen MR) is 78.3 cm³/mol. The van der Waals surface area contributed by atoms with Gasteiger partial charge < -0.3 is 16.0 Å². The van der Waals surface area contributed by atoms with Gasteiger partial charge in [0.15, 0.2) is 0 Å². The van der Waals surface area contributed by atoms with Crippen LogP contribution >= 0.6 is 0 Å². The van der Waals surface area contributed by atoms with Gasteiger partial charge in [0.2, 0.25) is 5.91 Å². The first-order valence-corrected chi connectivity index (χ1v) is 6.88. The van der Waals surface area contributed by atoms with Crippen LogP contribution < -0.4 is 16.0 Å². The third-order valence-electron chi connectivity index (χ3n) is 3.98. The van der Waals surface area contributed by atoms with Gasteiger partial charge in [-0.1, -0.05) is 12.1 Å². The summed E-state index contributed by atoms with van der Waals surface area (Å²) < 4.78 is 0. The number of aryl methyl sites for hydroxylation is 1. The summed E-state index contributed by atoms with van der Waals surface area (Å²) in [7, 11) is 0. The number of nitrogens with one attached hydrogen (secondary N) is 1. The Labute approximate surface area is 115 Å². The van der Waals surface area contributed by atoms with Crippen LogP contribution in [0.3, 0.4) is 0 Å². The van der Waals surface area contributed by atoms with Crippen LogP contribution in [0.2, 0.25) is 0 Å². The molecule has 0 radical (unpaired) electrons. The van der Waals surface area contributed by atoms with E-state index in [9.17, 15) is 4.79 Å². The number of amides is 1. The molecule has 4 heteroatoms. The van der Waals surface area contributed by atoms with Gasteiger partial charge in [0.1, 0.15) is 6.04 Å². The Kier molecular flexibility index (Phi) is 4.10. The topological polar surface area (TPSA) is 58.4 Å². The Morgan fingerprint density at radius 3 is 2.84 bits per heavy atom. The minimum Gasteiger partial charge on any atom is -0.358 e. The lowest BCUT2D eigenvalue weighted by molar-refractivity contribution is -0.122. The highest BCUT2D eigenvalue weighted by Gasteiger charge is 2.30. The first kappa shape index (κ1) is 13.9. The van der Waals surface area contributed by atoms with Gasteiger partial charge in [-0.25, -0.2) is 0 Å². The minimum atomic E-state index is -0.273. The van der Waals surface area contributed by atoms with E-state index in [0.29, 0.717) is 6.54 Å². The van der Waals surface area contributed by atoms with Crippen LogP contribution in [-0.4, -0.2) is 31.1 Å². The van der Waals surface area contributed by atoms with Crippen molar-refractivity contribution in [2.45, 2.75) is 39.3 Å². The number of nitrogens with zero attached hydrogens (tertiary/aromatic N) is 1. The van der Waals surface area contributed by atoms with Crippen LogP contribution in [0.15, 0.2) is 18.2 Å². The molecule has 0 spiro atoms. The molecular weight excluding hydrogens is 238 g/mol. The average Bonchev–Trinajstić information content (AvgIpc) is 2.51. The van der Waals surface area contributed by atoms with E-state index in [0.717, 1.165) is 18.7 Å². The zero-order valence-electron chi connectivity index (χ0n) is 11.9. The van der Waals surface area contributed by atoms with Crippen LogP contribution in [0, 0.1) is 13.8 Å². The molecule has 1 aliphatic rings. The summed E-state index contributed by atoms with van der Waals surface area (Å²) in [6, 6.07) is 6.14. The Balaban J connectivity index is 2.39. The number of carbonyl (C=O) groups is 1. The Morgan fingerprint density at radius 1 is 1.42 bits per heavy atom. The molecular formula is C15H23N3O. The molecule has 4 nitrogen and oxygen atoms in total. The van der Waals surface area contributed by atoms with Crippen molar-refractivity contribution in [1.82, 2.24) is 5.32 Å². The van der Waals surface area contributed by atoms with E-state index in [1.807, 2.05) is 13.0 Å². The zero-order chi connectivity index (χ0) is 14.0. The maximum absolute atomic E-state index is 12.2. The zero-order valence-corrected chi connectivity index (χ0v) is 11.9. The largest absolute Gasteiger partial charge is 0.358 e. The summed E-state index contributed by atoms with van der Waals surface area (Å²) in [5.41, 5.74) is 9.41. The lowest BCUT2D eigenvalue weighted by atomic mass is 10.1. The molecule has 0 aliphatic carbocycles. The van der Waals surface area contributed by atoms with Crippen molar-refractivity contribution in [2.75, 3.05) is 18.0 Å². The van der Waals surface area contributed by atoms with Crippen molar-refractivity contribution in [3.8, 4) is 0 Å². The molecule has 1 aromatic rings. The number of benzene rings is 1. The molecule has 1 aliphatic heterocycles. The quantitative estimate of drug-likeness (QED) is 0.845. The molecule has 19 heavy (non-hydrogen) atoms. The van der Waals surface area contributed by atoms with E-state index in [1.54, 1.807) is 0 Å². The monoisotopic (exact) mass is 261 g/mol. The molecule has 2 rings (SSSR count). The summed E-state index contributed by atoms with van der Waals surface area (Å²) >= 11 is 0. The third-order valence-corrected chi connectivity index (χ3v) is 3.98. The van der Waals surface area contributed by atoms with Crippen molar-refractivity contribution in [3.63, 3.8) is 0 Å². The van der Waals surface area contributed by atoms with E-state index in [2.05, 4.69) is 36.2 Å². The molecule has 2 atom stereocenters. The van der Waals surface area contributed by atoms with Crippen molar-refractivity contribution in [2.24, 2.45) is 5.73 Å². The maximum atomic E-state index is 12.2. The van der Waals surface area contributed by atoms with Crippen molar-refractivity contribution in [1.29, 1.82) is 0 Å². The molecule has 3 N–H and O–H groups in total. The first-order valence-electron chi connectivity index (χ1n) is 6.88. The molecule has 1 aromatic carbocycles. The number of anilines is 1. The Morgan fingerprint density at radius 2 is 2.16 bits per heavy atom. The van der Waals surface area contributed by atoms with Crippen molar-refractivity contribution >= 4 is 11.6 Å². The molecule has 0 bridgehead atoms. The number of rotatable bonds is 2. The van der Waals surface area contributed by atoms with Gasteiger partial charge >= 0.3 is 0 Å². The molecule has 0 aromatic heterocycles. The number of nitrogens with two attached hydrogens (primary N) is 1. The summed E-state index contributed by atoms with van der Waals surface area (Å²) in [5.74, 6) is 0.0356. The second-order valence-corrected chi connectivity index (χ2v) is 5.36. The van der Waals surface area contributed by atoms with Crippen molar-refractivity contribution < 1.29 is 4.79 Å². The normalized spacial score (nSPS) is 24.0. The van der Waals surface area contributed by atoms with E-state index < -0.39 is 0 Å². The van der Waals surface area contributed by atoms with Crippen LogP contribution in [0.25, 0.3) is 0 Å². The average molecular weight is 261 g/mol. The summed E-state index contributed by atoms with van der Waals surface area (Å²) in [6.45, 7) is 7.43. The van der Waals surface area contributed by atoms with Gasteiger partial charge in [0.25, 0.3) is 0 Å². The lowest BCUT2D eigenvalue weighted by Crippen LogP contribution is -2.49. The molecule has 1 fully saturated rings. The summed E-state index contributed by atoms with van der Waals surface area (Å²) in [4.78, 5) is 14.4. The number of hydrogen-bond donors (Lipinski definition) is 2. The fourth-order valence-electron chi connectivity index (χ4n) is 2.61. The van der Waals surface area contributed by atoms with E-state index in [4.69, 9.17) is 5.73 Å². The maximum Gasteiger partial charge on any atom is 0.244 e. The van der Waals surface area contributed by atoms with Gasteiger partial charge in [-0.05, 0) is 44.4 Å². The molecule has 0 saturated carbocycles.